The molecule has 1 N–H and O–H groups in total. The fraction of sp³-hybridized carbons (Fsp3) is 0.150. The van der Waals surface area contributed by atoms with Crippen molar-refractivity contribution in [1.82, 2.24) is 0 Å². The maximum absolute atomic E-state index is 12.3. The molecule has 1 amide bonds. The summed E-state index contributed by atoms with van der Waals surface area (Å²) >= 11 is 0. The van der Waals surface area contributed by atoms with Gasteiger partial charge in [-0.15, -0.1) is 0 Å². The molecule has 0 heterocycles. The Hall–Kier alpha value is -3.01. The molecule has 24 heavy (non-hydrogen) atoms. The normalized spacial score (nSPS) is 11.8. The lowest BCUT2D eigenvalue weighted by Gasteiger charge is -2.15. The van der Waals surface area contributed by atoms with Crippen molar-refractivity contribution in [1.29, 1.82) is 0 Å². The zero-order chi connectivity index (χ0) is 16.9. The molecular weight excluding hydrogens is 302 g/mol. The van der Waals surface area contributed by atoms with Gasteiger partial charge in [-0.1, -0.05) is 30.3 Å². The van der Waals surface area contributed by atoms with E-state index < -0.39 is 6.10 Å². The van der Waals surface area contributed by atoms with E-state index in [-0.39, 0.29) is 5.91 Å². The van der Waals surface area contributed by atoms with Gasteiger partial charge in [-0.3, -0.25) is 4.79 Å². The number of carbonyl (C=O) groups excluding carboxylic acids is 1. The summed E-state index contributed by atoms with van der Waals surface area (Å²) in [6, 6.07) is 21.0. The summed E-state index contributed by atoms with van der Waals surface area (Å²) in [5.41, 5.74) is 0.754. The first kappa shape index (κ1) is 15.9. The van der Waals surface area contributed by atoms with Gasteiger partial charge in [0.25, 0.3) is 5.91 Å². The molecule has 0 bridgehead atoms. The third-order valence-corrected chi connectivity index (χ3v) is 3.76. The highest BCUT2D eigenvalue weighted by Gasteiger charge is 2.15. The zero-order valence-electron chi connectivity index (χ0n) is 13.7. The van der Waals surface area contributed by atoms with Crippen molar-refractivity contribution in [2.24, 2.45) is 0 Å². The average molecular weight is 321 g/mol. The van der Waals surface area contributed by atoms with Crippen LogP contribution in [0.25, 0.3) is 10.8 Å². The van der Waals surface area contributed by atoms with Crippen molar-refractivity contribution in [3.05, 3.63) is 66.7 Å². The molecule has 4 nitrogen and oxygen atoms in total. The van der Waals surface area contributed by atoms with Gasteiger partial charge in [0, 0.05) is 5.69 Å². The van der Waals surface area contributed by atoms with E-state index in [9.17, 15) is 4.79 Å². The summed E-state index contributed by atoms with van der Waals surface area (Å²) in [7, 11) is 1.61. The summed E-state index contributed by atoms with van der Waals surface area (Å²) in [5.74, 6) is 1.17. The molecule has 0 spiro atoms. The number of nitrogens with one attached hydrogen (secondary N) is 1. The molecular formula is C20H19NO3. The molecule has 0 aromatic heterocycles. The number of rotatable bonds is 5. The molecule has 3 aromatic carbocycles. The summed E-state index contributed by atoms with van der Waals surface area (Å²) < 4.78 is 10.8. The Morgan fingerprint density at radius 2 is 1.58 bits per heavy atom. The molecule has 0 saturated heterocycles. The minimum absolute atomic E-state index is 0.193. The van der Waals surface area contributed by atoms with Crippen molar-refractivity contribution in [2.45, 2.75) is 13.0 Å². The van der Waals surface area contributed by atoms with Crippen LogP contribution < -0.4 is 14.8 Å². The Balaban J connectivity index is 1.66. The van der Waals surface area contributed by atoms with Crippen molar-refractivity contribution in [3.63, 3.8) is 0 Å². The Kier molecular flexibility index (Phi) is 4.66. The van der Waals surface area contributed by atoms with Crippen LogP contribution in [-0.2, 0) is 4.79 Å². The molecule has 0 fully saturated rings. The number of amides is 1. The monoisotopic (exact) mass is 321 g/mol. The third-order valence-electron chi connectivity index (χ3n) is 3.76. The minimum atomic E-state index is -0.607. The number of hydrogen-bond acceptors (Lipinski definition) is 3. The predicted octanol–water partition coefficient (Wildman–Crippen LogP) is 4.25. The van der Waals surface area contributed by atoms with Crippen molar-refractivity contribution < 1.29 is 14.3 Å². The van der Waals surface area contributed by atoms with Crippen LogP contribution in [0.1, 0.15) is 6.92 Å². The maximum atomic E-state index is 12.3. The van der Waals surface area contributed by atoms with E-state index in [1.807, 2.05) is 42.5 Å². The Bertz CT molecular complexity index is 843. The first-order valence-electron chi connectivity index (χ1n) is 7.76. The van der Waals surface area contributed by atoms with E-state index >= 15 is 0 Å². The van der Waals surface area contributed by atoms with Gasteiger partial charge < -0.3 is 14.8 Å². The largest absolute Gasteiger partial charge is 0.497 e. The molecule has 1 unspecified atom stereocenters. The van der Waals surface area contributed by atoms with Gasteiger partial charge in [0.05, 0.1) is 7.11 Å². The molecule has 0 aliphatic carbocycles. The summed E-state index contributed by atoms with van der Waals surface area (Å²) in [4.78, 5) is 12.3. The van der Waals surface area contributed by atoms with Crippen LogP contribution in [0, 0.1) is 0 Å². The second-order valence-electron chi connectivity index (χ2n) is 5.49. The molecule has 3 rings (SSSR count). The third kappa shape index (κ3) is 3.66. The van der Waals surface area contributed by atoms with E-state index in [4.69, 9.17) is 9.47 Å². The van der Waals surface area contributed by atoms with E-state index in [0.717, 1.165) is 22.2 Å². The predicted molar refractivity (Wildman–Crippen MR) is 95.7 cm³/mol. The molecule has 0 radical (unpaired) electrons. The zero-order valence-corrected chi connectivity index (χ0v) is 13.7. The number of carbonyl (C=O) groups is 1. The highest BCUT2D eigenvalue weighted by molar-refractivity contribution is 5.96. The van der Waals surface area contributed by atoms with Gasteiger partial charge in [0.15, 0.2) is 6.10 Å². The van der Waals surface area contributed by atoms with Gasteiger partial charge in [-0.25, -0.2) is 0 Å². The summed E-state index contributed by atoms with van der Waals surface area (Å²) in [5, 5.41) is 5.11. The van der Waals surface area contributed by atoms with Gasteiger partial charge in [0.2, 0.25) is 0 Å². The second kappa shape index (κ2) is 7.04. The van der Waals surface area contributed by atoms with E-state index in [1.165, 1.54) is 0 Å². The van der Waals surface area contributed by atoms with Crippen molar-refractivity contribution >= 4 is 22.4 Å². The quantitative estimate of drug-likeness (QED) is 0.764. The first-order chi connectivity index (χ1) is 11.7. The highest BCUT2D eigenvalue weighted by Crippen LogP contribution is 2.20. The lowest BCUT2D eigenvalue weighted by atomic mass is 10.1. The van der Waals surface area contributed by atoms with Crippen LogP contribution in [0.5, 0.6) is 11.5 Å². The maximum Gasteiger partial charge on any atom is 0.265 e. The lowest BCUT2D eigenvalue weighted by Crippen LogP contribution is -2.30. The second-order valence-corrected chi connectivity index (χ2v) is 5.49. The molecule has 1 atom stereocenters. The van der Waals surface area contributed by atoms with Gasteiger partial charge in [-0.2, -0.15) is 0 Å². The Morgan fingerprint density at radius 1 is 0.917 bits per heavy atom. The van der Waals surface area contributed by atoms with Crippen LogP contribution in [0.4, 0.5) is 5.69 Å². The fourth-order valence-electron chi connectivity index (χ4n) is 2.42. The summed E-state index contributed by atoms with van der Waals surface area (Å²) in [6.07, 6.45) is -0.607. The van der Waals surface area contributed by atoms with Crippen LogP contribution in [0.3, 0.4) is 0 Å². The molecule has 4 heteroatoms. The number of anilines is 1. The lowest BCUT2D eigenvalue weighted by molar-refractivity contribution is -0.122. The van der Waals surface area contributed by atoms with Crippen LogP contribution in [0.2, 0.25) is 0 Å². The number of ether oxygens (including phenoxy) is 2. The van der Waals surface area contributed by atoms with Gasteiger partial charge in [-0.05, 0) is 54.1 Å². The van der Waals surface area contributed by atoms with Crippen LogP contribution in [-0.4, -0.2) is 19.1 Å². The van der Waals surface area contributed by atoms with Gasteiger partial charge >= 0.3 is 0 Å². The SMILES string of the molecule is COc1ccc(OC(C)C(=O)Nc2ccc3ccccc3c2)cc1. The van der Waals surface area contributed by atoms with Crippen LogP contribution >= 0.6 is 0 Å². The van der Waals surface area contributed by atoms with Crippen molar-refractivity contribution in [3.8, 4) is 11.5 Å². The topological polar surface area (TPSA) is 47.6 Å². The highest BCUT2D eigenvalue weighted by atomic mass is 16.5. The standard InChI is InChI=1S/C20H19NO3/c1-14(24-19-11-9-18(23-2)10-12-19)20(22)21-17-8-7-15-5-3-4-6-16(15)13-17/h3-14H,1-2H3,(H,21,22). The molecule has 3 aromatic rings. The average Bonchev–Trinajstić information content (AvgIpc) is 2.62. The van der Waals surface area contributed by atoms with E-state index in [0.29, 0.717) is 5.75 Å². The van der Waals surface area contributed by atoms with E-state index in [2.05, 4.69) is 5.32 Å². The minimum Gasteiger partial charge on any atom is -0.497 e. The molecule has 122 valence electrons. The molecule has 0 aliphatic heterocycles. The van der Waals surface area contributed by atoms with E-state index in [1.54, 1.807) is 38.3 Å². The number of hydrogen-bond donors (Lipinski definition) is 1. The number of methoxy groups -OCH3 is 1. The smallest absolute Gasteiger partial charge is 0.265 e. The fourth-order valence-corrected chi connectivity index (χ4v) is 2.42. The molecule has 0 aliphatic rings. The van der Waals surface area contributed by atoms with Crippen LogP contribution in [0.15, 0.2) is 66.7 Å². The van der Waals surface area contributed by atoms with Crippen molar-refractivity contribution in [2.75, 3.05) is 12.4 Å². The molecule has 0 saturated carbocycles. The Labute approximate surface area is 141 Å². The Morgan fingerprint density at radius 3 is 2.29 bits per heavy atom. The van der Waals surface area contributed by atoms with Gasteiger partial charge in [0.1, 0.15) is 11.5 Å². The number of benzene rings is 3. The first-order valence-corrected chi connectivity index (χ1v) is 7.76. The number of fused-ring (bicyclic) bond motifs is 1. The summed E-state index contributed by atoms with van der Waals surface area (Å²) in [6.45, 7) is 1.72.